The van der Waals surface area contributed by atoms with Gasteiger partial charge in [-0.15, -0.1) is 0 Å². The number of hydrogen-bond donors (Lipinski definition) is 1. The summed E-state index contributed by atoms with van der Waals surface area (Å²) in [4.78, 5) is 2.33. The summed E-state index contributed by atoms with van der Waals surface area (Å²) in [6, 6.07) is 13.5. The minimum atomic E-state index is -3.73. The Morgan fingerprint density at radius 2 is 1.67 bits per heavy atom. The van der Waals surface area contributed by atoms with Crippen LogP contribution in [0.3, 0.4) is 0 Å². The number of hydrazone groups is 1. The highest BCUT2D eigenvalue weighted by atomic mass is 32.2. The summed E-state index contributed by atoms with van der Waals surface area (Å²) < 4.78 is 35.6. The minimum Gasteiger partial charge on any atom is -0.494 e. The third-order valence-electron chi connectivity index (χ3n) is 3.54. The lowest BCUT2D eigenvalue weighted by atomic mass is 10.2. The number of nitrogens with zero attached hydrogens (tertiary/aromatic N) is 1. The van der Waals surface area contributed by atoms with Gasteiger partial charge in [-0.1, -0.05) is 13.3 Å². The fourth-order valence-electron chi connectivity index (χ4n) is 2.18. The first-order valence-corrected chi connectivity index (χ1v) is 10.4. The van der Waals surface area contributed by atoms with Gasteiger partial charge in [0.2, 0.25) is 0 Å². The Hall–Kier alpha value is -2.54. The smallest absolute Gasteiger partial charge is 0.276 e. The van der Waals surface area contributed by atoms with Crippen molar-refractivity contribution in [3.05, 3.63) is 54.1 Å². The van der Waals surface area contributed by atoms with Crippen molar-refractivity contribution in [2.24, 2.45) is 5.10 Å². The van der Waals surface area contributed by atoms with Crippen molar-refractivity contribution in [3.63, 3.8) is 0 Å². The average Bonchev–Trinajstić information content (AvgIpc) is 2.63. The zero-order valence-corrected chi connectivity index (χ0v) is 16.7. The Labute approximate surface area is 161 Å². The van der Waals surface area contributed by atoms with Crippen molar-refractivity contribution in [2.75, 3.05) is 6.61 Å². The highest BCUT2D eigenvalue weighted by Gasteiger charge is 2.12. The van der Waals surface area contributed by atoms with Crippen LogP contribution >= 0.6 is 0 Å². The lowest BCUT2D eigenvalue weighted by molar-refractivity contribution is 0.242. The van der Waals surface area contributed by atoms with Gasteiger partial charge in [0.25, 0.3) is 10.0 Å². The number of benzene rings is 2. The molecule has 0 bridgehead atoms. The zero-order chi connectivity index (χ0) is 19.7. The maximum absolute atomic E-state index is 12.3. The van der Waals surface area contributed by atoms with Crippen LogP contribution in [0.1, 0.15) is 39.2 Å². The molecule has 0 saturated carbocycles. The molecule has 0 saturated heterocycles. The third-order valence-corrected chi connectivity index (χ3v) is 4.78. The second-order valence-electron chi connectivity index (χ2n) is 6.26. The van der Waals surface area contributed by atoms with E-state index in [2.05, 4.69) is 16.9 Å². The molecule has 0 aliphatic rings. The molecular formula is C20H26N2O4S. The van der Waals surface area contributed by atoms with E-state index in [4.69, 9.17) is 9.47 Å². The molecule has 27 heavy (non-hydrogen) atoms. The van der Waals surface area contributed by atoms with Gasteiger partial charge in [0.05, 0.1) is 23.8 Å². The summed E-state index contributed by atoms with van der Waals surface area (Å²) in [6.45, 7) is 6.61. The second kappa shape index (κ2) is 9.97. The Bertz CT molecular complexity index is 829. The maximum atomic E-state index is 12.3. The van der Waals surface area contributed by atoms with E-state index in [0.29, 0.717) is 12.4 Å². The second-order valence-corrected chi connectivity index (χ2v) is 7.92. The first-order chi connectivity index (χ1) is 12.9. The molecule has 2 rings (SSSR count). The van der Waals surface area contributed by atoms with Crippen molar-refractivity contribution in [3.8, 4) is 11.5 Å². The van der Waals surface area contributed by atoms with Gasteiger partial charge < -0.3 is 9.47 Å². The van der Waals surface area contributed by atoms with Crippen LogP contribution in [0.2, 0.25) is 0 Å². The van der Waals surface area contributed by atoms with Crippen molar-refractivity contribution in [1.82, 2.24) is 4.83 Å². The average molecular weight is 391 g/mol. The van der Waals surface area contributed by atoms with Crippen LogP contribution < -0.4 is 14.3 Å². The molecule has 6 nitrogen and oxygen atoms in total. The molecule has 0 spiro atoms. The van der Waals surface area contributed by atoms with Crippen molar-refractivity contribution in [2.45, 2.75) is 44.6 Å². The molecule has 0 aromatic heterocycles. The standard InChI is InChI=1S/C20H26N2O4S/c1-4-5-14-25-18-8-6-17(7-9-18)15-21-22-27(23,24)20-12-10-19(11-13-20)26-16(2)3/h6-13,15-16,22H,4-5,14H2,1-3H3/b21-15+. The predicted molar refractivity (Wildman–Crippen MR) is 107 cm³/mol. The Morgan fingerprint density at radius 1 is 1.04 bits per heavy atom. The van der Waals surface area contributed by atoms with Crippen molar-refractivity contribution < 1.29 is 17.9 Å². The summed E-state index contributed by atoms with van der Waals surface area (Å²) in [7, 11) is -3.73. The molecule has 0 fully saturated rings. The molecule has 7 heteroatoms. The van der Waals surface area contributed by atoms with Crippen LogP contribution in [-0.4, -0.2) is 27.3 Å². The summed E-state index contributed by atoms with van der Waals surface area (Å²) in [6.07, 6.45) is 3.57. The number of nitrogens with one attached hydrogen (secondary N) is 1. The van der Waals surface area contributed by atoms with E-state index in [1.54, 1.807) is 12.1 Å². The minimum absolute atomic E-state index is 0.0265. The summed E-state index contributed by atoms with van der Waals surface area (Å²) in [5.74, 6) is 1.40. The van der Waals surface area contributed by atoms with Gasteiger partial charge in [-0.25, -0.2) is 4.83 Å². The highest BCUT2D eigenvalue weighted by Crippen LogP contribution is 2.17. The van der Waals surface area contributed by atoms with Crippen LogP contribution in [0, 0.1) is 0 Å². The predicted octanol–water partition coefficient (Wildman–Crippen LogP) is 3.97. The lowest BCUT2D eigenvalue weighted by Crippen LogP contribution is -2.18. The molecule has 0 radical (unpaired) electrons. The number of rotatable bonds is 10. The van der Waals surface area contributed by atoms with E-state index in [1.807, 2.05) is 38.1 Å². The number of unbranched alkanes of at least 4 members (excludes halogenated alkanes) is 1. The third kappa shape index (κ3) is 6.94. The van der Waals surface area contributed by atoms with Crippen LogP contribution in [-0.2, 0) is 10.0 Å². The summed E-state index contributed by atoms with van der Waals surface area (Å²) >= 11 is 0. The van der Waals surface area contributed by atoms with Gasteiger partial charge >= 0.3 is 0 Å². The zero-order valence-electron chi connectivity index (χ0n) is 15.9. The number of sulfonamides is 1. The van der Waals surface area contributed by atoms with Gasteiger partial charge in [0.1, 0.15) is 11.5 Å². The van der Waals surface area contributed by atoms with E-state index >= 15 is 0 Å². The van der Waals surface area contributed by atoms with Crippen molar-refractivity contribution >= 4 is 16.2 Å². The van der Waals surface area contributed by atoms with Gasteiger partial charge in [-0.05, 0) is 74.4 Å². The summed E-state index contributed by atoms with van der Waals surface area (Å²) in [5, 5.41) is 3.83. The molecule has 2 aromatic carbocycles. The van der Waals surface area contributed by atoms with Gasteiger partial charge in [-0.2, -0.15) is 13.5 Å². The fourth-order valence-corrected chi connectivity index (χ4v) is 2.97. The van der Waals surface area contributed by atoms with E-state index in [1.165, 1.54) is 18.3 Å². The molecule has 0 aliphatic heterocycles. The molecule has 146 valence electrons. The quantitative estimate of drug-likeness (QED) is 0.378. The first kappa shape index (κ1) is 20.8. The molecule has 1 N–H and O–H groups in total. The molecule has 0 amide bonds. The van der Waals surface area contributed by atoms with Crippen LogP contribution in [0.15, 0.2) is 58.5 Å². The van der Waals surface area contributed by atoms with E-state index < -0.39 is 10.0 Å². The molecule has 0 unspecified atom stereocenters. The van der Waals surface area contributed by atoms with Crippen LogP contribution in [0.4, 0.5) is 0 Å². The summed E-state index contributed by atoms with van der Waals surface area (Å²) in [5.41, 5.74) is 0.765. The van der Waals surface area contributed by atoms with Crippen molar-refractivity contribution in [1.29, 1.82) is 0 Å². The SMILES string of the molecule is CCCCOc1ccc(/C=N/NS(=O)(=O)c2ccc(OC(C)C)cc2)cc1. The molecule has 0 heterocycles. The maximum Gasteiger partial charge on any atom is 0.276 e. The number of ether oxygens (including phenoxy) is 2. The molecule has 0 aliphatic carbocycles. The first-order valence-electron chi connectivity index (χ1n) is 8.95. The molecular weight excluding hydrogens is 364 g/mol. The highest BCUT2D eigenvalue weighted by molar-refractivity contribution is 7.89. The van der Waals surface area contributed by atoms with E-state index in [0.717, 1.165) is 24.2 Å². The Kier molecular flexibility index (Phi) is 7.67. The van der Waals surface area contributed by atoms with Gasteiger partial charge in [-0.3, -0.25) is 0 Å². The topological polar surface area (TPSA) is 77.0 Å². The Morgan fingerprint density at radius 3 is 2.26 bits per heavy atom. The lowest BCUT2D eigenvalue weighted by Gasteiger charge is -2.10. The largest absolute Gasteiger partial charge is 0.494 e. The van der Waals surface area contributed by atoms with E-state index in [9.17, 15) is 8.42 Å². The fraction of sp³-hybridized carbons (Fsp3) is 0.350. The normalized spacial score (nSPS) is 11.7. The van der Waals surface area contributed by atoms with Crippen LogP contribution in [0.5, 0.6) is 11.5 Å². The van der Waals surface area contributed by atoms with Crippen LogP contribution in [0.25, 0.3) is 0 Å². The monoisotopic (exact) mass is 390 g/mol. The van der Waals surface area contributed by atoms with Gasteiger partial charge in [0, 0.05) is 0 Å². The Balaban J connectivity index is 1.93. The van der Waals surface area contributed by atoms with Gasteiger partial charge in [0.15, 0.2) is 0 Å². The molecule has 0 atom stereocenters. The van der Waals surface area contributed by atoms with E-state index in [-0.39, 0.29) is 11.0 Å². The number of hydrogen-bond acceptors (Lipinski definition) is 5. The molecule has 2 aromatic rings.